The smallest absolute Gasteiger partial charge is 0.191 e. The second-order valence-corrected chi connectivity index (χ2v) is 7.96. The largest absolute Gasteiger partial charge is 0.356 e. The highest BCUT2D eigenvalue weighted by molar-refractivity contribution is 5.80. The summed E-state index contributed by atoms with van der Waals surface area (Å²) in [5.41, 5.74) is 1.50. The molecule has 2 N–H and O–H groups in total. The lowest BCUT2D eigenvalue weighted by molar-refractivity contribution is 0.181. The fraction of sp³-hybridized carbons (Fsp3) is 0.609. The molecular weight excluding hydrogens is 332 g/mol. The van der Waals surface area contributed by atoms with Crippen LogP contribution in [0.15, 0.2) is 47.5 Å². The van der Waals surface area contributed by atoms with Gasteiger partial charge in [0.05, 0.1) is 0 Å². The van der Waals surface area contributed by atoms with Crippen molar-refractivity contribution in [3.8, 4) is 0 Å². The molecule has 1 fully saturated rings. The number of guanidine groups is 1. The van der Waals surface area contributed by atoms with Gasteiger partial charge in [-0.2, -0.15) is 0 Å². The summed E-state index contributed by atoms with van der Waals surface area (Å²) in [6.07, 6.45) is 13.1. The molecule has 3 rings (SSSR count). The van der Waals surface area contributed by atoms with Gasteiger partial charge in [-0.15, -0.1) is 0 Å². The van der Waals surface area contributed by atoms with E-state index >= 15 is 0 Å². The molecule has 0 spiro atoms. The molecule has 1 heterocycles. The predicted molar refractivity (Wildman–Crippen MR) is 115 cm³/mol. The van der Waals surface area contributed by atoms with Crippen molar-refractivity contribution in [1.82, 2.24) is 15.5 Å². The molecule has 2 aliphatic rings. The second-order valence-electron chi connectivity index (χ2n) is 7.96. The van der Waals surface area contributed by atoms with Crippen LogP contribution in [0, 0.1) is 5.92 Å². The number of hydrogen-bond acceptors (Lipinski definition) is 2. The third-order valence-electron chi connectivity index (χ3n) is 5.84. The van der Waals surface area contributed by atoms with E-state index in [4.69, 9.17) is 0 Å². The molecule has 0 amide bonds. The van der Waals surface area contributed by atoms with Crippen LogP contribution >= 0.6 is 0 Å². The summed E-state index contributed by atoms with van der Waals surface area (Å²) < 4.78 is 0. The maximum atomic E-state index is 4.34. The van der Waals surface area contributed by atoms with Gasteiger partial charge in [0.1, 0.15) is 0 Å². The summed E-state index contributed by atoms with van der Waals surface area (Å²) in [7, 11) is 1.86. The maximum absolute atomic E-state index is 4.34. The Balaban J connectivity index is 1.23. The average Bonchev–Trinajstić information content (AvgIpc) is 3.22. The Bertz CT molecular complexity index is 580. The number of benzene rings is 1. The number of hydrogen-bond donors (Lipinski definition) is 2. The van der Waals surface area contributed by atoms with Crippen LogP contribution < -0.4 is 10.6 Å². The number of likely N-dealkylation sites (tertiary alicyclic amines) is 1. The SMILES string of the molecule is CN=C(NCCCCN1CCC(Cc2ccccc2)CC1)NC1CC=CC1. The molecule has 0 aromatic heterocycles. The summed E-state index contributed by atoms with van der Waals surface area (Å²) in [6, 6.07) is 11.5. The maximum Gasteiger partial charge on any atom is 0.191 e. The molecule has 1 aliphatic carbocycles. The van der Waals surface area contributed by atoms with Crippen molar-refractivity contribution in [2.45, 2.75) is 51.0 Å². The first kappa shape index (κ1) is 19.9. The van der Waals surface area contributed by atoms with Crippen LogP contribution in [0.5, 0.6) is 0 Å². The van der Waals surface area contributed by atoms with Gasteiger partial charge in [0.15, 0.2) is 5.96 Å². The van der Waals surface area contributed by atoms with E-state index in [2.05, 4.69) is 63.0 Å². The molecular formula is C23H36N4. The first-order chi connectivity index (χ1) is 13.3. The number of rotatable bonds is 8. The van der Waals surface area contributed by atoms with Crippen LogP contribution in [0.2, 0.25) is 0 Å². The van der Waals surface area contributed by atoms with Crippen molar-refractivity contribution in [3.63, 3.8) is 0 Å². The van der Waals surface area contributed by atoms with Gasteiger partial charge in [-0.3, -0.25) is 4.99 Å². The summed E-state index contributed by atoms with van der Waals surface area (Å²) >= 11 is 0. The number of unbranched alkanes of at least 4 members (excludes halogenated alkanes) is 1. The molecule has 0 unspecified atom stereocenters. The summed E-state index contributed by atoms with van der Waals surface area (Å²) in [6.45, 7) is 4.77. The van der Waals surface area contributed by atoms with Crippen molar-refractivity contribution in [2.75, 3.05) is 33.2 Å². The van der Waals surface area contributed by atoms with E-state index in [0.717, 1.165) is 31.3 Å². The lowest BCUT2D eigenvalue weighted by Crippen LogP contribution is -2.42. The lowest BCUT2D eigenvalue weighted by Gasteiger charge is -2.32. The van der Waals surface area contributed by atoms with Gasteiger partial charge in [0.25, 0.3) is 0 Å². The van der Waals surface area contributed by atoms with Crippen molar-refractivity contribution in [2.24, 2.45) is 10.9 Å². The summed E-state index contributed by atoms with van der Waals surface area (Å²) in [5, 5.41) is 6.96. The molecule has 4 nitrogen and oxygen atoms in total. The van der Waals surface area contributed by atoms with Gasteiger partial charge in [0.2, 0.25) is 0 Å². The van der Waals surface area contributed by atoms with E-state index in [9.17, 15) is 0 Å². The van der Waals surface area contributed by atoms with Crippen LogP contribution in [0.4, 0.5) is 0 Å². The quantitative estimate of drug-likeness (QED) is 0.319. The zero-order chi connectivity index (χ0) is 18.7. The van der Waals surface area contributed by atoms with Gasteiger partial charge in [-0.05, 0) is 76.1 Å². The van der Waals surface area contributed by atoms with E-state index in [1.165, 1.54) is 57.3 Å². The second kappa shape index (κ2) is 11.1. The molecule has 27 heavy (non-hydrogen) atoms. The first-order valence-electron chi connectivity index (χ1n) is 10.7. The van der Waals surface area contributed by atoms with Crippen molar-refractivity contribution in [3.05, 3.63) is 48.0 Å². The predicted octanol–water partition coefficient (Wildman–Crippen LogP) is 3.60. The molecule has 0 radical (unpaired) electrons. The monoisotopic (exact) mass is 368 g/mol. The summed E-state index contributed by atoms with van der Waals surface area (Å²) in [5.74, 6) is 1.82. The Morgan fingerprint density at radius 2 is 1.81 bits per heavy atom. The highest BCUT2D eigenvalue weighted by Gasteiger charge is 2.19. The summed E-state index contributed by atoms with van der Waals surface area (Å²) in [4.78, 5) is 6.99. The zero-order valence-corrected chi connectivity index (χ0v) is 16.9. The third-order valence-corrected chi connectivity index (χ3v) is 5.84. The van der Waals surface area contributed by atoms with Crippen LogP contribution in [0.25, 0.3) is 0 Å². The van der Waals surface area contributed by atoms with Gasteiger partial charge >= 0.3 is 0 Å². The molecule has 1 aliphatic heterocycles. The molecule has 4 heteroatoms. The van der Waals surface area contributed by atoms with Crippen molar-refractivity contribution >= 4 is 5.96 Å². The number of nitrogens with zero attached hydrogens (tertiary/aromatic N) is 2. The minimum atomic E-state index is 0.522. The molecule has 1 aromatic rings. The van der Waals surface area contributed by atoms with Crippen molar-refractivity contribution < 1.29 is 0 Å². The number of nitrogens with one attached hydrogen (secondary N) is 2. The Morgan fingerprint density at radius 3 is 2.52 bits per heavy atom. The van der Waals surface area contributed by atoms with Crippen molar-refractivity contribution in [1.29, 1.82) is 0 Å². The minimum absolute atomic E-state index is 0.522. The van der Waals surface area contributed by atoms with E-state index < -0.39 is 0 Å². The van der Waals surface area contributed by atoms with Gasteiger partial charge in [0, 0.05) is 19.6 Å². The average molecular weight is 369 g/mol. The van der Waals surface area contributed by atoms with Crippen LogP contribution in [-0.4, -0.2) is 50.1 Å². The topological polar surface area (TPSA) is 39.7 Å². The fourth-order valence-electron chi connectivity index (χ4n) is 4.15. The molecule has 1 saturated heterocycles. The normalized spacial score (nSPS) is 19.5. The van der Waals surface area contributed by atoms with E-state index in [1.54, 1.807) is 0 Å². The minimum Gasteiger partial charge on any atom is -0.356 e. The Morgan fingerprint density at radius 1 is 1.07 bits per heavy atom. The molecule has 0 saturated carbocycles. The Hall–Kier alpha value is -1.81. The Kier molecular flexibility index (Phi) is 8.22. The lowest BCUT2D eigenvalue weighted by atomic mass is 9.90. The first-order valence-corrected chi connectivity index (χ1v) is 10.7. The highest BCUT2D eigenvalue weighted by atomic mass is 15.2. The Labute approximate surface area is 165 Å². The van der Waals surface area contributed by atoms with Gasteiger partial charge in [-0.1, -0.05) is 42.5 Å². The molecule has 1 aromatic carbocycles. The highest BCUT2D eigenvalue weighted by Crippen LogP contribution is 2.21. The molecule has 148 valence electrons. The standard InChI is InChI=1S/C23H36N4/c1-24-23(26-22-11-5-6-12-22)25-15-7-8-16-27-17-13-21(14-18-27)19-20-9-3-2-4-10-20/h2-6,9-10,21-22H,7-8,11-19H2,1H3,(H2,24,25,26). The zero-order valence-electron chi connectivity index (χ0n) is 16.9. The van der Waals surface area contributed by atoms with Gasteiger partial charge in [-0.25, -0.2) is 0 Å². The fourth-order valence-corrected chi connectivity index (χ4v) is 4.15. The molecule has 0 atom stereocenters. The van der Waals surface area contributed by atoms with Gasteiger partial charge < -0.3 is 15.5 Å². The van der Waals surface area contributed by atoms with E-state index in [-0.39, 0.29) is 0 Å². The number of piperidine rings is 1. The van der Waals surface area contributed by atoms with Crippen LogP contribution in [0.1, 0.15) is 44.1 Å². The molecule has 0 bridgehead atoms. The third kappa shape index (κ3) is 7.02. The van der Waals surface area contributed by atoms with Crippen LogP contribution in [-0.2, 0) is 6.42 Å². The van der Waals surface area contributed by atoms with E-state index in [1.807, 2.05) is 7.05 Å². The van der Waals surface area contributed by atoms with Crippen LogP contribution in [0.3, 0.4) is 0 Å². The van der Waals surface area contributed by atoms with E-state index in [0.29, 0.717) is 6.04 Å². The number of aliphatic imine (C=N–C) groups is 1.